The van der Waals surface area contributed by atoms with Crippen LogP contribution in [0, 0.1) is 0 Å². The number of aromatic amines is 1. The van der Waals surface area contributed by atoms with Gasteiger partial charge in [-0.2, -0.15) is 0 Å². The van der Waals surface area contributed by atoms with Crippen molar-refractivity contribution in [1.82, 2.24) is 9.97 Å². The van der Waals surface area contributed by atoms with Crippen LogP contribution in [0.2, 0.25) is 0 Å². The van der Waals surface area contributed by atoms with E-state index in [1.165, 1.54) is 12.3 Å². The minimum atomic E-state index is -0.412. The average Bonchev–Trinajstić information content (AvgIpc) is 1.64. The van der Waals surface area contributed by atoms with E-state index >= 15 is 0 Å². The molecule has 0 aliphatic heterocycles. The normalized spacial score (nSPS) is 8.00. The van der Waals surface area contributed by atoms with Crippen molar-refractivity contribution in [2.24, 2.45) is 0 Å². The zero-order valence-corrected chi connectivity index (χ0v) is 6.68. The SMILES string of the molecule is Nc1ccnc(=O)[nH]1.[Pt]. The van der Waals surface area contributed by atoms with Gasteiger partial charge in [0.15, 0.2) is 0 Å². The molecule has 0 bridgehead atoms. The topological polar surface area (TPSA) is 71.8 Å². The van der Waals surface area contributed by atoms with Crippen LogP contribution in [-0.4, -0.2) is 9.97 Å². The molecule has 9 heavy (non-hydrogen) atoms. The third-order valence-corrected chi connectivity index (χ3v) is 0.697. The van der Waals surface area contributed by atoms with Crippen molar-refractivity contribution in [1.29, 1.82) is 0 Å². The number of nitrogens with zero attached hydrogens (tertiary/aromatic N) is 1. The first kappa shape index (κ1) is 8.37. The third-order valence-electron chi connectivity index (χ3n) is 0.697. The minimum Gasteiger partial charge on any atom is -0.385 e. The summed E-state index contributed by atoms with van der Waals surface area (Å²) in [7, 11) is 0. The van der Waals surface area contributed by atoms with Gasteiger partial charge in [0.1, 0.15) is 5.82 Å². The first-order valence-electron chi connectivity index (χ1n) is 2.10. The monoisotopic (exact) mass is 306 g/mol. The standard InChI is InChI=1S/C4H5N3O.Pt/c5-3-1-2-6-4(8)7-3;/h1-2H,(H3,5,6,7,8);. The van der Waals surface area contributed by atoms with Gasteiger partial charge in [0.25, 0.3) is 0 Å². The van der Waals surface area contributed by atoms with Crippen molar-refractivity contribution in [3.8, 4) is 0 Å². The van der Waals surface area contributed by atoms with Crippen LogP contribution in [-0.2, 0) is 21.1 Å². The summed E-state index contributed by atoms with van der Waals surface area (Å²) < 4.78 is 0. The molecule has 3 N–H and O–H groups in total. The Balaban J connectivity index is 0.000000640. The van der Waals surface area contributed by atoms with Gasteiger partial charge in [0, 0.05) is 27.3 Å². The quantitative estimate of drug-likeness (QED) is 0.669. The zero-order chi connectivity index (χ0) is 5.98. The molecule has 0 radical (unpaired) electrons. The fourth-order valence-electron chi connectivity index (χ4n) is 0.383. The molecule has 0 aliphatic carbocycles. The van der Waals surface area contributed by atoms with Crippen LogP contribution < -0.4 is 11.4 Å². The predicted molar refractivity (Wildman–Crippen MR) is 29.3 cm³/mol. The molecule has 0 fully saturated rings. The van der Waals surface area contributed by atoms with Crippen LogP contribution in [0.4, 0.5) is 5.82 Å². The largest absolute Gasteiger partial charge is 0.385 e. The van der Waals surface area contributed by atoms with Crippen LogP contribution in [0.3, 0.4) is 0 Å². The van der Waals surface area contributed by atoms with Gasteiger partial charge in [-0.25, -0.2) is 9.78 Å². The van der Waals surface area contributed by atoms with Crippen molar-refractivity contribution in [2.45, 2.75) is 0 Å². The van der Waals surface area contributed by atoms with E-state index in [4.69, 9.17) is 5.73 Å². The number of anilines is 1. The molecule has 0 saturated heterocycles. The molecule has 0 aliphatic rings. The molecular formula is C4H5N3OPt. The average molecular weight is 306 g/mol. The number of nitrogens with two attached hydrogens (primary N) is 1. The van der Waals surface area contributed by atoms with Gasteiger partial charge in [0.05, 0.1) is 0 Å². The van der Waals surface area contributed by atoms with Crippen LogP contribution in [0.1, 0.15) is 0 Å². The molecule has 0 spiro atoms. The minimum absolute atomic E-state index is 0. The molecule has 5 heteroatoms. The molecule has 0 atom stereocenters. The molecule has 1 rings (SSSR count). The fraction of sp³-hybridized carbons (Fsp3) is 0. The van der Waals surface area contributed by atoms with Gasteiger partial charge in [0.2, 0.25) is 0 Å². The molecule has 1 heterocycles. The molecule has 0 unspecified atom stereocenters. The first-order chi connectivity index (χ1) is 3.79. The van der Waals surface area contributed by atoms with Crippen LogP contribution in [0.15, 0.2) is 17.1 Å². The molecule has 1 aromatic heterocycles. The Hall–Kier alpha value is -0.632. The number of aromatic nitrogens is 2. The second-order valence-electron chi connectivity index (χ2n) is 1.33. The second kappa shape index (κ2) is 3.40. The fourth-order valence-corrected chi connectivity index (χ4v) is 0.383. The summed E-state index contributed by atoms with van der Waals surface area (Å²) in [6, 6.07) is 1.52. The van der Waals surface area contributed by atoms with E-state index in [1.807, 2.05) is 0 Å². The van der Waals surface area contributed by atoms with Gasteiger partial charge in [-0.1, -0.05) is 0 Å². The summed E-state index contributed by atoms with van der Waals surface area (Å²) in [6.45, 7) is 0. The Kier molecular flexibility index (Phi) is 3.17. The maximum atomic E-state index is 10.2. The molecule has 0 aromatic carbocycles. The van der Waals surface area contributed by atoms with Crippen molar-refractivity contribution in [2.75, 3.05) is 5.73 Å². The smallest absolute Gasteiger partial charge is 0.346 e. The van der Waals surface area contributed by atoms with Gasteiger partial charge in [-0.15, -0.1) is 0 Å². The van der Waals surface area contributed by atoms with E-state index in [0.29, 0.717) is 5.82 Å². The maximum Gasteiger partial charge on any atom is 0.346 e. The second-order valence-corrected chi connectivity index (χ2v) is 1.33. The molecule has 52 valence electrons. The van der Waals surface area contributed by atoms with E-state index < -0.39 is 5.69 Å². The van der Waals surface area contributed by atoms with Crippen LogP contribution in [0.25, 0.3) is 0 Å². The summed E-state index contributed by atoms with van der Waals surface area (Å²) in [5.74, 6) is 0.338. The molecule has 4 nitrogen and oxygen atoms in total. The summed E-state index contributed by atoms with van der Waals surface area (Å²) in [5.41, 5.74) is 4.75. The van der Waals surface area contributed by atoms with E-state index in [0.717, 1.165) is 0 Å². The Morgan fingerprint density at radius 3 is 2.67 bits per heavy atom. The zero-order valence-electron chi connectivity index (χ0n) is 4.40. The number of rotatable bonds is 0. The van der Waals surface area contributed by atoms with Gasteiger partial charge in [-0.3, -0.25) is 4.98 Å². The summed E-state index contributed by atoms with van der Waals surface area (Å²) in [4.78, 5) is 15.9. The van der Waals surface area contributed by atoms with Crippen molar-refractivity contribution in [3.05, 3.63) is 22.7 Å². The summed E-state index contributed by atoms with van der Waals surface area (Å²) >= 11 is 0. The van der Waals surface area contributed by atoms with E-state index in [1.54, 1.807) is 0 Å². The number of H-pyrrole nitrogens is 1. The first-order valence-corrected chi connectivity index (χ1v) is 2.10. The molecule has 0 amide bonds. The molecular weight excluding hydrogens is 301 g/mol. The number of hydrogen-bond donors (Lipinski definition) is 2. The van der Waals surface area contributed by atoms with Gasteiger partial charge >= 0.3 is 5.69 Å². The van der Waals surface area contributed by atoms with Gasteiger partial charge in [-0.05, 0) is 6.07 Å². The van der Waals surface area contributed by atoms with Crippen molar-refractivity contribution >= 4 is 5.82 Å². The van der Waals surface area contributed by atoms with E-state index in [2.05, 4.69) is 9.97 Å². The van der Waals surface area contributed by atoms with E-state index in [9.17, 15) is 4.79 Å². The summed E-state index contributed by atoms with van der Waals surface area (Å²) in [6.07, 6.45) is 1.36. The number of hydrogen-bond acceptors (Lipinski definition) is 3. The predicted octanol–water partition coefficient (Wildman–Crippen LogP) is -0.650. The Morgan fingerprint density at radius 1 is 1.67 bits per heavy atom. The number of nitrogens with one attached hydrogen (secondary N) is 1. The summed E-state index contributed by atoms with van der Waals surface area (Å²) in [5, 5.41) is 0. The Bertz CT molecular complexity index is 233. The van der Waals surface area contributed by atoms with Crippen molar-refractivity contribution in [3.63, 3.8) is 0 Å². The van der Waals surface area contributed by atoms with Crippen LogP contribution >= 0.6 is 0 Å². The Morgan fingerprint density at radius 2 is 2.33 bits per heavy atom. The Labute approximate surface area is 65.8 Å². The third kappa shape index (κ3) is 2.42. The number of nitrogen functional groups attached to an aromatic ring is 1. The van der Waals surface area contributed by atoms with Crippen LogP contribution in [0.5, 0.6) is 0 Å². The van der Waals surface area contributed by atoms with E-state index in [-0.39, 0.29) is 21.1 Å². The van der Waals surface area contributed by atoms with Gasteiger partial charge < -0.3 is 5.73 Å². The molecule has 0 saturated carbocycles. The van der Waals surface area contributed by atoms with Crippen molar-refractivity contribution < 1.29 is 21.1 Å². The maximum absolute atomic E-state index is 10.2. The molecule has 1 aromatic rings.